The SMILES string of the molecule is CCCNC(=O)C1COCC1O. The molecule has 0 spiro atoms. The molecule has 2 N–H and O–H groups in total. The Hall–Kier alpha value is -0.610. The van der Waals surface area contributed by atoms with Crippen LogP contribution in [0.2, 0.25) is 0 Å². The van der Waals surface area contributed by atoms with E-state index in [9.17, 15) is 9.90 Å². The normalized spacial score (nSPS) is 28.8. The molecule has 0 saturated carbocycles. The van der Waals surface area contributed by atoms with Crippen molar-refractivity contribution in [1.82, 2.24) is 5.32 Å². The number of aliphatic hydroxyl groups excluding tert-OH is 1. The second-order valence-corrected chi connectivity index (χ2v) is 3.00. The minimum Gasteiger partial charge on any atom is -0.390 e. The molecule has 1 amide bonds. The van der Waals surface area contributed by atoms with Crippen molar-refractivity contribution < 1.29 is 14.6 Å². The molecule has 1 aliphatic rings. The molecule has 1 aliphatic heterocycles. The highest BCUT2D eigenvalue weighted by atomic mass is 16.5. The van der Waals surface area contributed by atoms with Crippen LogP contribution in [-0.2, 0) is 9.53 Å². The van der Waals surface area contributed by atoms with Crippen LogP contribution >= 0.6 is 0 Å². The third kappa shape index (κ3) is 2.19. The number of amides is 1. The van der Waals surface area contributed by atoms with E-state index in [1.54, 1.807) is 0 Å². The van der Waals surface area contributed by atoms with Gasteiger partial charge in [0.05, 0.1) is 25.2 Å². The van der Waals surface area contributed by atoms with E-state index in [1.165, 1.54) is 0 Å². The summed E-state index contributed by atoms with van der Waals surface area (Å²) in [4.78, 5) is 11.3. The Morgan fingerprint density at radius 2 is 2.42 bits per heavy atom. The molecular weight excluding hydrogens is 158 g/mol. The summed E-state index contributed by atoms with van der Waals surface area (Å²) in [5, 5.41) is 12.0. The number of carbonyl (C=O) groups excluding carboxylic acids is 1. The smallest absolute Gasteiger partial charge is 0.228 e. The van der Waals surface area contributed by atoms with Crippen molar-refractivity contribution in [1.29, 1.82) is 0 Å². The lowest BCUT2D eigenvalue weighted by atomic mass is 10.1. The fourth-order valence-electron chi connectivity index (χ4n) is 1.17. The van der Waals surface area contributed by atoms with Gasteiger partial charge >= 0.3 is 0 Å². The summed E-state index contributed by atoms with van der Waals surface area (Å²) in [5.74, 6) is -0.460. The van der Waals surface area contributed by atoms with Crippen LogP contribution in [0.3, 0.4) is 0 Å². The highest BCUT2D eigenvalue weighted by Gasteiger charge is 2.31. The molecule has 70 valence electrons. The van der Waals surface area contributed by atoms with Gasteiger partial charge in [0, 0.05) is 6.54 Å². The zero-order valence-corrected chi connectivity index (χ0v) is 7.25. The van der Waals surface area contributed by atoms with E-state index in [-0.39, 0.29) is 18.4 Å². The molecule has 4 heteroatoms. The Labute approximate surface area is 71.9 Å². The van der Waals surface area contributed by atoms with Crippen molar-refractivity contribution in [3.05, 3.63) is 0 Å². The maximum absolute atomic E-state index is 11.3. The summed E-state index contributed by atoms with van der Waals surface area (Å²) in [7, 11) is 0. The topological polar surface area (TPSA) is 58.6 Å². The molecule has 1 fully saturated rings. The molecule has 0 aromatic rings. The predicted molar refractivity (Wildman–Crippen MR) is 43.6 cm³/mol. The summed E-state index contributed by atoms with van der Waals surface area (Å²) in [6, 6.07) is 0. The molecule has 0 aromatic heterocycles. The van der Waals surface area contributed by atoms with Gasteiger partial charge in [-0.2, -0.15) is 0 Å². The van der Waals surface area contributed by atoms with Crippen molar-refractivity contribution in [2.45, 2.75) is 19.4 Å². The maximum Gasteiger partial charge on any atom is 0.228 e. The first-order valence-electron chi connectivity index (χ1n) is 4.29. The second kappa shape index (κ2) is 4.42. The number of aliphatic hydroxyl groups is 1. The molecule has 1 saturated heterocycles. The molecular formula is C8H15NO3. The molecule has 1 rings (SSSR count). The Morgan fingerprint density at radius 3 is 2.92 bits per heavy atom. The van der Waals surface area contributed by atoms with Gasteiger partial charge in [-0.3, -0.25) is 4.79 Å². The van der Waals surface area contributed by atoms with Crippen LogP contribution in [0.4, 0.5) is 0 Å². The van der Waals surface area contributed by atoms with Crippen LogP contribution in [-0.4, -0.2) is 36.9 Å². The molecule has 0 aliphatic carbocycles. The van der Waals surface area contributed by atoms with Crippen molar-refractivity contribution in [2.75, 3.05) is 19.8 Å². The lowest BCUT2D eigenvalue weighted by Gasteiger charge is -2.11. The van der Waals surface area contributed by atoms with Gasteiger partial charge in [0.1, 0.15) is 0 Å². The minimum absolute atomic E-state index is 0.0955. The second-order valence-electron chi connectivity index (χ2n) is 3.00. The third-order valence-corrected chi connectivity index (χ3v) is 1.94. The Kier molecular flexibility index (Phi) is 3.49. The molecule has 4 nitrogen and oxygen atoms in total. The number of nitrogens with one attached hydrogen (secondary N) is 1. The molecule has 0 radical (unpaired) electrons. The zero-order chi connectivity index (χ0) is 8.97. The maximum atomic E-state index is 11.3. The monoisotopic (exact) mass is 173 g/mol. The average Bonchev–Trinajstić information content (AvgIpc) is 2.47. The van der Waals surface area contributed by atoms with Crippen LogP contribution < -0.4 is 5.32 Å². The van der Waals surface area contributed by atoms with E-state index >= 15 is 0 Å². The molecule has 0 bridgehead atoms. The van der Waals surface area contributed by atoms with E-state index in [0.29, 0.717) is 13.2 Å². The number of hydrogen-bond donors (Lipinski definition) is 2. The van der Waals surface area contributed by atoms with E-state index in [0.717, 1.165) is 6.42 Å². The molecule has 0 aromatic carbocycles. The summed E-state index contributed by atoms with van der Waals surface area (Å²) in [6.45, 7) is 3.28. The first-order chi connectivity index (χ1) is 5.75. The number of rotatable bonds is 3. The highest BCUT2D eigenvalue weighted by molar-refractivity contribution is 5.79. The van der Waals surface area contributed by atoms with E-state index in [2.05, 4.69) is 5.32 Å². The Bertz CT molecular complexity index is 160. The molecule has 1 heterocycles. The summed E-state index contributed by atoms with van der Waals surface area (Å²) in [6.07, 6.45) is 0.289. The largest absolute Gasteiger partial charge is 0.390 e. The van der Waals surface area contributed by atoms with Crippen LogP contribution in [0, 0.1) is 5.92 Å². The quantitative estimate of drug-likeness (QED) is 0.606. The lowest BCUT2D eigenvalue weighted by Crippen LogP contribution is -2.37. The Morgan fingerprint density at radius 1 is 1.67 bits per heavy atom. The number of ether oxygens (including phenoxy) is 1. The van der Waals surface area contributed by atoms with Gasteiger partial charge in [-0.05, 0) is 6.42 Å². The summed E-state index contributed by atoms with van der Waals surface area (Å²) in [5.41, 5.74) is 0. The first-order valence-corrected chi connectivity index (χ1v) is 4.29. The third-order valence-electron chi connectivity index (χ3n) is 1.94. The summed E-state index contributed by atoms with van der Waals surface area (Å²) < 4.78 is 4.96. The van der Waals surface area contributed by atoms with Crippen molar-refractivity contribution in [2.24, 2.45) is 5.92 Å². The van der Waals surface area contributed by atoms with Crippen molar-refractivity contribution in [3.63, 3.8) is 0 Å². The van der Waals surface area contributed by atoms with Gasteiger partial charge < -0.3 is 15.2 Å². The average molecular weight is 173 g/mol. The zero-order valence-electron chi connectivity index (χ0n) is 7.25. The molecule has 2 unspecified atom stereocenters. The van der Waals surface area contributed by atoms with Gasteiger partial charge in [0.25, 0.3) is 0 Å². The minimum atomic E-state index is -0.623. The lowest BCUT2D eigenvalue weighted by molar-refractivity contribution is -0.127. The van der Waals surface area contributed by atoms with E-state index in [4.69, 9.17) is 4.74 Å². The van der Waals surface area contributed by atoms with Gasteiger partial charge in [-0.25, -0.2) is 0 Å². The van der Waals surface area contributed by atoms with Crippen LogP contribution in [0.25, 0.3) is 0 Å². The number of carbonyl (C=O) groups is 1. The van der Waals surface area contributed by atoms with E-state index in [1.807, 2.05) is 6.92 Å². The van der Waals surface area contributed by atoms with Crippen molar-refractivity contribution in [3.8, 4) is 0 Å². The van der Waals surface area contributed by atoms with Crippen LogP contribution in [0.5, 0.6) is 0 Å². The van der Waals surface area contributed by atoms with Gasteiger partial charge in [0.2, 0.25) is 5.91 Å². The predicted octanol–water partition coefficient (Wildman–Crippen LogP) is -0.480. The standard InChI is InChI=1S/C8H15NO3/c1-2-3-9-8(11)6-4-12-5-7(6)10/h6-7,10H,2-5H2,1H3,(H,9,11). The Balaban J connectivity index is 2.30. The van der Waals surface area contributed by atoms with Crippen LogP contribution in [0.15, 0.2) is 0 Å². The fourth-order valence-corrected chi connectivity index (χ4v) is 1.17. The van der Waals surface area contributed by atoms with E-state index < -0.39 is 6.10 Å². The fraction of sp³-hybridized carbons (Fsp3) is 0.875. The summed E-state index contributed by atoms with van der Waals surface area (Å²) >= 11 is 0. The first kappa shape index (κ1) is 9.48. The van der Waals surface area contributed by atoms with Crippen LogP contribution in [0.1, 0.15) is 13.3 Å². The molecule has 12 heavy (non-hydrogen) atoms. The molecule has 2 atom stereocenters. The van der Waals surface area contributed by atoms with Gasteiger partial charge in [0.15, 0.2) is 0 Å². The van der Waals surface area contributed by atoms with Gasteiger partial charge in [-0.15, -0.1) is 0 Å². The highest BCUT2D eigenvalue weighted by Crippen LogP contribution is 2.12. The number of hydrogen-bond acceptors (Lipinski definition) is 3. The van der Waals surface area contributed by atoms with Crippen molar-refractivity contribution >= 4 is 5.91 Å². The van der Waals surface area contributed by atoms with Gasteiger partial charge in [-0.1, -0.05) is 6.92 Å².